The highest BCUT2D eigenvalue weighted by Gasteiger charge is 2.34. The molecule has 2 aromatic rings. The van der Waals surface area contributed by atoms with Gasteiger partial charge in [-0.1, -0.05) is 43.2 Å². The number of nitrogens with zero attached hydrogens (tertiary/aromatic N) is 2. The fourth-order valence-corrected chi connectivity index (χ4v) is 6.46. The van der Waals surface area contributed by atoms with E-state index in [0.29, 0.717) is 24.2 Å². The number of amidine groups is 1. The monoisotopic (exact) mass is 480 g/mol. The van der Waals surface area contributed by atoms with Crippen molar-refractivity contribution in [3.8, 4) is 0 Å². The van der Waals surface area contributed by atoms with Crippen LogP contribution in [0.15, 0.2) is 53.4 Å². The quantitative estimate of drug-likeness (QED) is 0.198. The van der Waals surface area contributed by atoms with Gasteiger partial charge in [-0.15, -0.1) is 11.8 Å². The number of hydrogen-bond donors (Lipinski definition) is 3. The molecule has 1 amide bonds. The van der Waals surface area contributed by atoms with E-state index in [4.69, 9.17) is 10.6 Å². The summed E-state index contributed by atoms with van der Waals surface area (Å²) < 4.78 is 0. The van der Waals surface area contributed by atoms with Crippen molar-refractivity contribution in [2.24, 2.45) is 0 Å². The summed E-state index contributed by atoms with van der Waals surface area (Å²) in [7, 11) is 0. The van der Waals surface area contributed by atoms with Gasteiger partial charge >= 0.3 is 0 Å². The van der Waals surface area contributed by atoms with Crippen LogP contribution in [0.3, 0.4) is 0 Å². The maximum absolute atomic E-state index is 13.6. The number of fused-ring (bicyclic) bond motifs is 1. The molecule has 7 heteroatoms. The third kappa shape index (κ3) is 5.48. The maximum atomic E-state index is 13.6. The minimum atomic E-state index is -0.364. The van der Waals surface area contributed by atoms with Gasteiger partial charge < -0.3 is 4.90 Å². The number of hydrogen-bond acceptors (Lipinski definition) is 5. The van der Waals surface area contributed by atoms with Gasteiger partial charge in [-0.2, -0.15) is 0 Å². The van der Waals surface area contributed by atoms with Gasteiger partial charge in [0.15, 0.2) is 0 Å². The average Bonchev–Trinajstić information content (AvgIpc) is 2.85. The lowest BCUT2D eigenvalue weighted by atomic mass is 9.97. The first kappa shape index (κ1) is 24.8. The van der Waals surface area contributed by atoms with E-state index in [9.17, 15) is 4.79 Å². The van der Waals surface area contributed by atoms with E-state index in [0.717, 1.165) is 42.0 Å². The van der Waals surface area contributed by atoms with Crippen molar-refractivity contribution in [1.82, 2.24) is 10.4 Å². The second-order valence-electron chi connectivity index (χ2n) is 9.50. The summed E-state index contributed by atoms with van der Waals surface area (Å²) in [5, 5.41) is 16.6. The summed E-state index contributed by atoms with van der Waals surface area (Å²) in [5.74, 6) is 0.00678. The van der Waals surface area contributed by atoms with E-state index in [2.05, 4.69) is 24.8 Å². The largest absolute Gasteiger partial charge is 0.310 e. The number of carbonyl (C=O) groups excluding carboxylic acids is 1. The molecule has 0 saturated carbocycles. The summed E-state index contributed by atoms with van der Waals surface area (Å²) >= 11 is 1.56. The Hall–Kier alpha value is -2.35. The molecule has 0 spiro atoms. The summed E-state index contributed by atoms with van der Waals surface area (Å²) in [4.78, 5) is 19.3. The minimum Gasteiger partial charge on any atom is -0.310 e. The first-order chi connectivity index (χ1) is 16.5. The molecular weight excluding hydrogens is 444 g/mol. The molecule has 182 valence electrons. The highest BCUT2D eigenvalue weighted by Crippen LogP contribution is 2.46. The lowest BCUT2D eigenvalue weighted by Gasteiger charge is -2.39. The second kappa shape index (κ2) is 11.4. The van der Waals surface area contributed by atoms with Crippen molar-refractivity contribution < 1.29 is 10.0 Å². The van der Waals surface area contributed by atoms with E-state index < -0.39 is 0 Å². The van der Waals surface area contributed by atoms with E-state index >= 15 is 0 Å². The first-order valence-corrected chi connectivity index (χ1v) is 13.3. The number of hydroxylamine groups is 1. The number of piperidine rings is 1. The molecule has 1 saturated heterocycles. The van der Waals surface area contributed by atoms with Crippen molar-refractivity contribution in [1.29, 1.82) is 5.41 Å². The number of benzene rings is 2. The Morgan fingerprint density at radius 1 is 1.06 bits per heavy atom. The molecule has 4 rings (SSSR count). The number of nitrogens with one attached hydrogen (secondary N) is 2. The Kier molecular flexibility index (Phi) is 8.29. The summed E-state index contributed by atoms with van der Waals surface area (Å²) in [5.41, 5.74) is 4.29. The van der Waals surface area contributed by atoms with Gasteiger partial charge in [-0.25, -0.2) is 0 Å². The predicted octanol–water partition coefficient (Wildman–Crippen LogP) is 5.60. The SMILES string of the molecule is CC1CCCC(C)N1CCCCCN1C(=O)C(c2cccc(C(=N)NO)c2)Sc2ccccc21. The van der Waals surface area contributed by atoms with Crippen LogP contribution < -0.4 is 10.4 Å². The van der Waals surface area contributed by atoms with E-state index in [1.807, 2.05) is 46.8 Å². The van der Waals surface area contributed by atoms with Crippen molar-refractivity contribution in [2.45, 2.75) is 74.6 Å². The zero-order valence-electron chi connectivity index (χ0n) is 20.2. The van der Waals surface area contributed by atoms with Crippen LogP contribution in [0.5, 0.6) is 0 Å². The number of amides is 1. The van der Waals surface area contributed by atoms with Crippen LogP contribution in [0, 0.1) is 5.41 Å². The molecule has 2 aliphatic heterocycles. The number of rotatable bonds is 8. The summed E-state index contributed by atoms with van der Waals surface area (Å²) in [6, 6.07) is 16.8. The van der Waals surface area contributed by atoms with Crippen molar-refractivity contribution in [2.75, 3.05) is 18.0 Å². The number of unbranched alkanes of at least 4 members (excludes halogenated alkanes) is 2. The third-order valence-electron chi connectivity index (χ3n) is 7.16. The minimum absolute atomic E-state index is 0.0790. The van der Waals surface area contributed by atoms with Crippen molar-refractivity contribution in [3.63, 3.8) is 0 Å². The Morgan fingerprint density at radius 3 is 2.56 bits per heavy atom. The van der Waals surface area contributed by atoms with Crippen LogP contribution in [0.4, 0.5) is 5.69 Å². The molecule has 6 nitrogen and oxygen atoms in total. The molecule has 0 bridgehead atoms. The Morgan fingerprint density at radius 2 is 1.79 bits per heavy atom. The number of thioether (sulfide) groups is 1. The van der Waals surface area contributed by atoms with Gasteiger partial charge in [0.2, 0.25) is 5.91 Å². The maximum Gasteiger partial charge on any atom is 0.245 e. The zero-order chi connectivity index (χ0) is 24.1. The Balaban J connectivity index is 1.42. The Bertz CT molecular complexity index is 1000. The molecule has 3 N–H and O–H groups in total. The van der Waals surface area contributed by atoms with Crippen LogP contribution in [-0.4, -0.2) is 47.0 Å². The molecule has 0 radical (unpaired) electrons. The zero-order valence-corrected chi connectivity index (χ0v) is 21.0. The molecule has 0 aliphatic carbocycles. The van der Waals surface area contributed by atoms with Crippen LogP contribution in [0.1, 0.15) is 68.7 Å². The number of likely N-dealkylation sites (tertiary alicyclic amines) is 1. The fraction of sp³-hybridized carbons (Fsp3) is 0.481. The highest BCUT2D eigenvalue weighted by atomic mass is 32.2. The van der Waals surface area contributed by atoms with Gasteiger partial charge in [0.25, 0.3) is 0 Å². The predicted molar refractivity (Wildman–Crippen MR) is 139 cm³/mol. The highest BCUT2D eigenvalue weighted by molar-refractivity contribution is 8.00. The number of anilines is 1. The number of para-hydroxylation sites is 1. The van der Waals surface area contributed by atoms with Crippen LogP contribution in [0.2, 0.25) is 0 Å². The van der Waals surface area contributed by atoms with Gasteiger partial charge in [-0.3, -0.25) is 25.8 Å². The molecule has 3 unspecified atom stereocenters. The average molecular weight is 481 g/mol. The smallest absolute Gasteiger partial charge is 0.245 e. The lowest BCUT2D eigenvalue weighted by molar-refractivity contribution is -0.118. The molecular formula is C27H36N4O2S. The normalized spacial score (nSPS) is 23.0. The third-order valence-corrected chi connectivity index (χ3v) is 8.46. The van der Waals surface area contributed by atoms with Crippen LogP contribution in [-0.2, 0) is 4.79 Å². The molecule has 2 aliphatic rings. The lowest BCUT2D eigenvalue weighted by Crippen LogP contribution is -2.44. The fourth-order valence-electron chi connectivity index (χ4n) is 5.24. The Labute approximate surface area is 207 Å². The molecule has 3 atom stereocenters. The van der Waals surface area contributed by atoms with E-state index in [1.165, 1.54) is 19.3 Å². The van der Waals surface area contributed by atoms with Gasteiger partial charge in [0.05, 0.1) is 5.69 Å². The summed E-state index contributed by atoms with van der Waals surface area (Å²) in [6.07, 6.45) is 7.20. The molecule has 0 aromatic heterocycles. The van der Waals surface area contributed by atoms with Gasteiger partial charge in [0.1, 0.15) is 11.1 Å². The van der Waals surface area contributed by atoms with Crippen molar-refractivity contribution in [3.05, 3.63) is 59.7 Å². The molecule has 1 fully saturated rings. The van der Waals surface area contributed by atoms with E-state index in [-0.39, 0.29) is 17.0 Å². The molecule has 2 aromatic carbocycles. The second-order valence-corrected chi connectivity index (χ2v) is 10.6. The van der Waals surface area contributed by atoms with Crippen LogP contribution in [0.25, 0.3) is 0 Å². The molecule has 2 heterocycles. The molecule has 34 heavy (non-hydrogen) atoms. The van der Waals surface area contributed by atoms with Crippen LogP contribution >= 0.6 is 11.8 Å². The van der Waals surface area contributed by atoms with Gasteiger partial charge in [0, 0.05) is 29.1 Å². The topological polar surface area (TPSA) is 79.7 Å². The van der Waals surface area contributed by atoms with Gasteiger partial charge in [-0.05, 0) is 69.8 Å². The van der Waals surface area contributed by atoms with Crippen molar-refractivity contribution >= 4 is 29.2 Å². The first-order valence-electron chi connectivity index (χ1n) is 12.4. The number of carbonyl (C=O) groups is 1. The standard InChI is InChI=1S/C27H36N4O2S/c1-19-10-8-11-20(2)30(19)16-6-3-7-17-31-23-14-4-5-15-24(23)34-25(27(31)32)21-12-9-13-22(18-21)26(28)29-33/h4-5,9,12-15,18-20,25,33H,3,6-8,10-11,16-17H2,1-2H3,(H2,28,29). The van der Waals surface area contributed by atoms with E-state index in [1.54, 1.807) is 17.8 Å². The summed E-state index contributed by atoms with van der Waals surface area (Å²) in [6.45, 7) is 6.56.